The minimum absolute atomic E-state index is 0.967. The van der Waals surface area contributed by atoms with E-state index in [0.717, 1.165) is 18.8 Å². The predicted molar refractivity (Wildman–Crippen MR) is 56.2 cm³/mol. The normalized spacial score (nSPS) is 10.0. The molecule has 0 radical (unpaired) electrons. The van der Waals surface area contributed by atoms with E-state index in [0.29, 0.717) is 0 Å². The van der Waals surface area contributed by atoms with Gasteiger partial charge in [-0.15, -0.1) is 0 Å². The monoisotopic (exact) mass is 177 g/mol. The molecule has 0 bridgehead atoms. The van der Waals surface area contributed by atoms with Crippen LogP contribution in [0.25, 0.3) is 12.3 Å². The fourth-order valence-electron chi connectivity index (χ4n) is 1.54. The van der Waals surface area contributed by atoms with Gasteiger partial charge in [0.05, 0.1) is 12.7 Å². The average Bonchev–Trinajstić information content (AvgIpc) is 2.54. The lowest BCUT2D eigenvalue weighted by molar-refractivity contribution is -0.694. The van der Waals surface area contributed by atoms with E-state index in [1.807, 2.05) is 12.3 Å². The SMILES string of the molecule is C=Cc1n(C=C)c(CC)c[n+]1CC. The van der Waals surface area contributed by atoms with E-state index in [9.17, 15) is 0 Å². The lowest BCUT2D eigenvalue weighted by Gasteiger charge is -1.93. The summed E-state index contributed by atoms with van der Waals surface area (Å²) in [5.41, 5.74) is 1.27. The Labute approximate surface area is 79.8 Å². The van der Waals surface area contributed by atoms with Crippen LogP contribution in [0.3, 0.4) is 0 Å². The van der Waals surface area contributed by atoms with Crippen LogP contribution < -0.4 is 4.57 Å². The summed E-state index contributed by atoms with van der Waals surface area (Å²) in [4.78, 5) is 0. The van der Waals surface area contributed by atoms with E-state index >= 15 is 0 Å². The molecule has 0 aliphatic carbocycles. The molecule has 13 heavy (non-hydrogen) atoms. The van der Waals surface area contributed by atoms with E-state index < -0.39 is 0 Å². The fourth-order valence-corrected chi connectivity index (χ4v) is 1.54. The van der Waals surface area contributed by atoms with Gasteiger partial charge in [-0.25, -0.2) is 9.13 Å². The summed E-state index contributed by atoms with van der Waals surface area (Å²) in [6.45, 7) is 12.8. The molecule has 2 heteroatoms. The number of aromatic nitrogens is 2. The zero-order valence-electron chi connectivity index (χ0n) is 8.45. The van der Waals surface area contributed by atoms with Crippen LogP contribution in [0.1, 0.15) is 25.4 Å². The van der Waals surface area contributed by atoms with E-state index in [1.165, 1.54) is 5.69 Å². The molecular weight excluding hydrogens is 160 g/mol. The summed E-state index contributed by atoms with van der Waals surface area (Å²) in [6.07, 6.45) is 6.87. The molecule has 0 aromatic carbocycles. The Kier molecular flexibility index (Phi) is 3.07. The second-order valence-electron chi connectivity index (χ2n) is 2.87. The van der Waals surface area contributed by atoms with E-state index in [1.54, 1.807) is 0 Å². The van der Waals surface area contributed by atoms with Crippen molar-refractivity contribution in [1.29, 1.82) is 0 Å². The van der Waals surface area contributed by atoms with Crippen molar-refractivity contribution in [2.24, 2.45) is 0 Å². The maximum absolute atomic E-state index is 3.81. The second kappa shape index (κ2) is 4.08. The zero-order chi connectivity index (χ0) is 9.84. The number of imidazole rings is 1. The summed E-state index contributed by atoms with van der Waals surface area (Å²) in [7, 11) is 0. The zero-order valence-corrected chi connectivity index (χ0v) is 8.45. The largest absolute Gasteiger partial charge is 0.285 e. The van der Waals surface area contributed by atoms with Gasteiger partial charge in [-0.1, -0.05) is 20.1 Å². The van der Waals surface area contributed by atoms with Gasteiger partial charge >= 0.3 is 0 Å². The number of rotatable bonds is 4. The molecule has 0 unspecified atom stereocenters. The second-order valence-corrected chi connectivity index (χ2v) is 2.87. The quantitative estimate of drug-likeness (QED) is 0.623. The van der Waals surface area contributed by atoms with Gasteiger partial charge in [0.2, 0.25) is 0 Å². The Morgan fingerprint density at radius 2 is 2.15 bits per heavy atom. The average molecular weight is 177 g/mol. The van der Waals surface area contributed by atoms with Gasteiger partial charge in [0, 0.05) is 12.5 Å². The van der Waals surface area contributed by atoms with Crippen molar-refractivity contribution in [3.63, 3.8) is 0 Å². The van der Waals surface area contributed by atoms with Crippen molar-refractivity contribution < 1.29 is 4.57 Å². The van der Waals surface area contributed by atoms with Gasteiger partial charge in [0.25, 0.3) is 5.82 Å². The maximum atomic E-state index is 3.81. The van der Waals surface area contributed by atoms with Gasteiger partial charge < -0.3 is 0 Å². The van der Waals surface area contributed by atoms with Crippen LogP contribution in [0, 0.1) is 0 Å². The molecule has 0 saturated carbocycles. The smallest absolute Gasteiger partial charge is 0.230 e. The summed E-state index contributed by atoms with van der Waals surface area (Å²) in [5, 5.41) is 0. The van der Waals surface area contributed by atoms with Crippen molar-refractivity contribution in [3.05, 3.63) is 30.9 Å². The predicted octanol–water partition coefficient (Wildman–Crippen LogP) is 2.10. The molecule has 0 atom stereocenters. The first kappa shape index (κ1) is 9.78. The lowest BCUT2D eigenvalue weighted by Crippen LogP contribution is -2.33. The van der Waals surface area contributed by atoms with Crippen LogP contribution in [-0.2, 0) is 13.0 Å². The number of hydrogen-bond acceptors (Lipinski definition) is 0. The Morgan fingerprint density at radius 3 is 2.54 bits per heavy atom. The first-order valence-electron chi connectivity index (χ1n) is 4.67. The highest BCUT2D eigenvalue weighted by atomic mass is 15.1. The number of hydrogen-bond donors (Lipinski definition) is 0. The Morgan fingerprint density at radius 1 is 1.46 bits per heavy atom. The molecule has 0 spiro atoms. The third-order valence-electron chi connectivity index (χ3n) is 2.22. The first-order chi connectivity index (χ1) is 6.28. The molecule has 0 fully saturated rings. The standard InChI is InChI=1S/C11H17N2/c1-5-10-9-12(7-3)11(6-2)13(10)8-4/h6,8-9H,2,4-5,7H2,1,3H3/q+1. The summed E-state index contributed by atoms with van der Waals surface area (Å²) < 4.78 is 4.25. The van der Waals surface area contributed by atoms with Crippen LogP contribution in [-0.4, -0.2) is 4.57 Å². The van der Waals surface area contributed by atoms with Gasteiger partial charge in [-0.05, 0) is 6.92 Å². The van der Waals surface area contributed by atoms with Crippen molar-refractivity contribution in [3.8, 4) is 0 Å². The molecule has 2 nitrogen and oxygen atoms in total. The van der Waals surface area contributed by atoms with Crippen molar-refractivity contribution >= 4 is 12.3 Å². The van der Waals surface area contributed by atoms with Crippen LogP contribution in [0.4, 0.5) is 0 Å². The van der Waals surface area contributed by atoms with E-state index in [2.05, 4.69) is 42.3 Å². The minimum atomic E-state index is 0.967. The molecule has 0 amide bonds. The maximum Gasteiger partial charge on any atom is 0.285 e. The molecule has 0 aliphatic heterocycles. The Hall–Kier alpha value is -1.31. The summed E-state index contributed by atoms with van der Waals surface area (Å²) >= 11 is 0. The highest BCUT2D eigenvalue weighted by Crippen LogP contribution is 2.06. The topological polar surface area (TPSA) is 8.81 Å². The fraction of sp³-hybridized carbons (Fsp3) is 0.364. The third-order valence-corrected chi connectivity index (χ3v) is 2.22. The molecule has 0 saturated heterocycles. The molecule has 1 aromatic rings. The molecule has 0 N–H and O–H groups in total. The van der Waals surface area contributed by atoms with Crippen LogP contribution in [0.2, 0.25) is 0 Å². The van der Waals surface area contributed by atoms with Crippen molar-refractivity contribution in [2.45, 2.75) is 26.8 Å². The number of nitrogens with zero attached hydrogens (tertiary/aromatic N) is 2. The molecule has 70 valence electrons. The minimum Gasteiger partial charge on any atom is -0.230 e. The Bertz CT molecular complexity index is 291. The lowest BCUT2D eigenvalue weighted by atomic mass is 10.4. The number of aryl methyl sites for hydroxylation is 2. The van der Waals surface area contributed by atoms with Gasteiger partial charge in [0.1, 0.15) is 11.9 Å². The van der Waals surface area contributed by atoms with Crippen LogP contribution in [0.15, 0.2) is 19.4 Å². The van der Waals surface area contributed by atoms with Crippen LogP contribution >= 0.6 is 0 Å². The van der Waals surface area contributed by atoms with Gasteiger partial charge in [-0.2, -0.15) is 0 Å². The van der Waals surface area contributed by atoms with Gasteiger partial charge in [-0.3, -0.25) is 0 Å². The molecular formula is C11H17N2+. The highest BCUT2D eigenvalue weighted by molar-refractivity contribution is 5.40. The molecule has 0 aliphatic rings. The highest BCUT2D eigenvalue weighted by Gasteiger charge is 2.15. The third kappa shape index (κ3) is 1.57. The van der Waals surface area contributed by atoms with Crippen LogP contribution in [0.5, 0.6) is 0 Å². The van der Waals surface area contributed by atoms with Crippen molar-refractivity contribution in [2.75, 3.05) is 0 Å². The first-order valence-corrected chi connectivity index (χ1v) is 4.67. The molecule has 1 rings (SSSR count). The summed E-state index contributed by atoms with van der Waals surface area (Å²) in [6, 6.07) is 0. The van der Waals surface area contributed by atoms with Gasteiger partial charge in [0.15, 0.2) is 0 Å². The molecule has 1 aromatic heterocycles. The molecule has 1 heterocycles. The van der Waals surface area contributed by atoms with E-state index in [4.69, 9.17) is 0 Å². The summed E-state index contributed by atoms with van der Waals surface area (Å²) in [5.74, 6) is 1.11. The van der Waals surface area contributed by atoms with E-state index in [-0.39, 0.29) is 0 Å². The Balaban J connectivity index is 3.33. The van der Waals surface area contributed by atoms with Crippen molar-refractivity contribution in [1.82, 2.24) is 4.57 Å².